The third-order valence-electron chi connectivity index (χ3n) is 5.18. The molecule has 0 spiro atoms. The van der Waals surface area contributed by atoms with E-state index in [-0.39, 0.29) is 0 Å². The number of anilines is 3. The lowest BCUT2D eigenvalue weighted by atomic mass is 9.90. The molecule has 0 radical (unpaired) electrons. The first-order chi connectivity index (χ1) is 12.6. The van der Waals surface area contributed by atoms with Crippen LogP contribution in [0.15, 0.2) is 77.3 Å². The third-order valence-corrected chi connectivity index (χ3v) is 5.87. The van der Waals surface area contributed by atoms with Crippen molar-refractivity contribution in [2.45, 2.75) is 13.8 Å². The Labute approximate surface area is 162 Å². The molecule has 1 aliphatic rings. The van der Waals surface area contributed by atoms with Gasteiger partial charge in [0.2, 0.25) is 0 Å². The van der Waals surface area contributed by atoms with Crippen LogP contribution in [0.1, 0.15) is 11.1 Å². The van der Waals surface area contributed by atoms with Crippen molar-refractivity contribution in [2.75, 3.05) is 4.90 Å². The maximum atomic E-state index is 3.74. The van der Waals surface area contributed by atoms with Crippen molar-refractivity contribution in [3.63, 3.8) is 0 Å². The first kappa shape index (κ1) is 15.7. The molecular formula is C24H18BrN. The third kappa shape index (κ3) is 2.22. The highest BCUT2D eigenvalue weighted by Gasteiger charge is 2.26. The van der Waals surface area contributed by atoms with Crippen LogP contribution in [-0.2, 0) is 0 Å². The quantitative estimate of drug-likeness (QED) is 0.279. The second kappa shape index (κ2) is 5.72. The molecule has 5 rings (SSSR count). The van der Waals surface area contributed by atoms with Gasteiger partial charge in [0.15, 0.2) is 0 Å². The highest BCUT2D eigenvalue weighted by molar-refractivity contribution is 9.10. The van der Waals surface area contributed by atoms with Crippen LogP contribution in [0.5, 0.6) is 0 Å². The Hall–Kier alpha value is -2.58. The van der Waals surface area contributed by atoms with Crippen LogP contribution in [0.25, 0.3) is 21.9 Å². The van der Waals surface area contributed by atoms with Gasteiger partial charge in [-0.25, -0.2) is 0 Å². The maximum Gasteiger partial charge on any atom is 0.0547 e. The molecule has 2 heteroatoms. The largest absolute Gasteiger partial charge is 0.309 e. The van der Waals surface area contributed by atoms with E-state index in [0.717, 1.165) is 4.47 Å². The van der Waals surface area contributed by atoms with Crippen molar-refractivity contribution in [2.24, 2.45) is 0 Å². The number of halogens is 1. The summed E-state index contributed by atoms with van der Waals surface area (Å²) in [4.78, 5) is 2.38. The number of nitrogens with zero attached hydrogens (tertiary/aromatic N) is 1. The average molecular weight is 400 g/mol. The highest BCUT2D eigenvalue weighted by atomic mass is 79.9. The predicted molar refractivity (Wildman–Crippen MR) is 115 cm³/mol. The van der Waals surface area contributed by atoms with E-state index in [0.29, 0.717) is 0 Å². The lowest BCUT2D eigenvalue weighted by Gasteiger charge is -2.34. The van der Waals surface area contributed by atoms with E-state index in [1.165, 1.54) is 50.1 Å². The van der Waals surface area contributed by atoms with Crippen molar-refractivity contribution in [1.82, 2.24) is 0 Å². The summed E-state index contributed by atoms with van der Waals surface area (Å²) in [6.45, 7) is 4.29. The van der Waals surface area contributed by atoms with Gasteiger partial charge in [0.1, 0.15) is 0 Å². The first-order valence-electron chi connectivity index (χ1n) is 8.82. The van der Waals surface area contributed by atoms with E-state index in [9.17, 15) is 0 Å². The van der Waals surface area contributed by atoms with Gasteiger partial charge in [-0.15, -0.1) is 0 Å². The van der Waals surface area contributed by atoms with E-state index in [2.05, 4.69) is 107 Å². The molecule has 0 atom stereocenters. The molecule has 1 heterocycles. The van der Waals surface area contributed by atoms with Gasteiger partial charge in [-0.05, 0) is 61.2 Å². The van der Waals surface area contributed by atoms with E-state index in [1.54, 1.807) is 0 Å². The zero-order valence-electron chi connectivity index (χ0n) is 14.8. The molecule has 126 valence electrons. The van der Waals surface area contributed by atoms with Crippen LogP contribution < -0.4 is 4.90 Å². The summed E-state index contributed by atoms with van der Waals surface area (Å²) >= 11 is 3.74. The Balaban J connectivity index is 1.93. The number of rotatable bonds is 1. The summed E-state index contributed by atoms with van der Waals surface area (Å²) in [6.07, 6.45) is 0. The van der Waals surface area contributed by atoms with Crippen LogP contribution in [0, 0.1) is 13.8 Å². The van der Waals surface area contributed by atoms with Crippen LogP contribution in [-0.4, -0.2) is 0 Å². The fraction of sp³-hybridized carbons (Fsp3) is 0.0833. The van der Waals surface area contributed by atoms with Gasteiger partial charge in [0, 0.05) is 21.1 Å². The van der Waals surface area contributed by atoms with Crippen LogP contribution in [0.2, 0.25) is 0 Å². The molecule has 0 saturated heterocycles. The van der Waals surface area contributed by atoms with Crippen molar-refractivity contribution in [3.05, 3.63) is 88.4 Å². The minimum absolute atomic E-state index is 1.14. The minimum Gasteiger partial charge on any atom is -0.309 e. The summed E-state index contributed by atoms with van der Waals surface area (Å²) in [5.41, 5.74) is 8.82. The zero-order valence-corrected chi connectivity index (χ0v) is 16.3. The van der Waals surface area contributed by atoms with Gasteiger partial charge >= 0.3 is 0 Å². The summed E-state index contributed by atoms with van der Waals surface area (Å²) in [6, 6.07) is 26.5. The lowest BCUT2D eigenvalue weighted by Crippen LogP contribution is -2.15. The Morgan fingerprint density at radius 2 is 1.42 bits per heavy atom. The zero-order chi connectivity index (χ0) is 17.8. The number of benzene rings is 4. The van der Waals surface area contributed by atoms with Crippen molar-refractivity contribution in [1.29, 1.82) is 0 Å². The number of aryl methyl sites for hydroxylation is 2. The topological polar surface area (TPSA) is 3.24 Å². The van der Waals surface area contributed by atoms with E-state index < -0.39 is 0 Å². The van der Waals surface area contributed by atoms with E-state index in [1.807, 2.05) is 0 Å². The fourth-order valence-corrected chi connectivity index (χ4v) is 4.39. The van der Waals surface area contributed by atoms with Gasteiger partial charge < -0.3 is 4.90 Å². The van der Waals surface area contributed by atoms with Gasteiger partial charge in [-0.1, -0.05) is 63.5 Å². The Morgan fingerprint density at radius 3 is 2.23 bits per heavy atom. The molecule has 0 aliphatic carbocycles. The Kier molecular flexibility index (Phi) is 3.44. The summed E-state index contributed by atoms with van der Waals surface area (Å²) in [7, 11) is 0. The molecule has 4 aromatic rings. The molecule has 1 nitrogen and oxygen atoms in total. The van der Waals surface area contributed by atoms with Gasteiger partial charge in [-0.2, -0.15) is 0 Å². The van der Waals surface area contributed by atoms with Crippen molar-refractivity contribution >= 4 is 43.8 Å². The normalized spacial score (nSPS) is 12.3. The Bertz CT molecular complexity index is 1160. The van der Waals surface area contributed by atoms with Gasteiger partial charge in [0.25, 0.3) is 0 Å². The second-order valence-electron chi connectivity index (χ2n) is 6.99. The summed E-state index contributed by atoms with van der Waals surface area (Å²) in [5, 5.41) is 2.56. The summed E-state index contributed by atoms with van der Waals surface area (Å²) in [5.74, 6) is 0. The molecular weight excluding hydrogens is 382 g/mol. The molecule has 0 fully saturated rings. The van der Waals surface area contributed by atoms with E-state index in [4.69, 9.17) is 0 Å². The van der Waals surface area contributed by atoms with E-state index >= 15 is 0 Å². The summed E-state index contributed by atoms with van der Waals surface area (Å²) < 4.78 is 1.14. The SMILES string of the molecule is Cc1ccc(N2c3ccc(C)cc3-c3cccc4c(Br)ccc2c34)cc1. The standard InChI is InChI=1S/C24H18BrN/c1-15-6-9-17(10-7-15)26-22-12-8-16(2)14-20(22)18-4-3-5-19-21(25)11-13-23(26)24(18)19/h3-14H,1-2H3. The average Bonchev–Trinajstić information content (AvgIpc) is 2.66. The molecule has 0 saturated carbocycles. The second-order valence-corrected chi connectivity index (χ2v) is 7.84. The predicted octanol–water partition coefficient (Wildman–Crippen LogP) is 7.67. The Morgan fingerprint density at radius 1 is 0.692 bits per heavy atom. The van der Waals surface area contributed by atoms with Crippen molar-refractivity contribution in [3.8, 4) is 11.1 Å². The minimum atomic E-state index is 1.14. The molecule has 0 amide bonds. The van der Waals surface area contributed by atoms with Crippen molar-refractivity contribution < 1.29 is 0 Å². The first-order valence-corrected chi connectivity index (χ1v) is 9.62. The van der Waals surface area contributed by atoms with Crippen LogP contribution in [0.3, 0.4) is 0 Å². The molecule has 0 unspecified atom stereocenters. The lowest BCUT2D eigenvalue weighted by molar-refractivity contribution is 1.27. The maximum absolute atomic E-state index is 3.74. The monoisotopic (exact) mass is 399 g/mol. The van der Waals surface area contributed by atoms with Crippen LogP contribution in [0.4, 0.5) is 17.1 Å². The number of hydrogen-bond acceptors (Lipinski definition) is 1. The molecule has 0 N–H and O–H groups in total. The fourth-order valence-electron chi connectivity index (χ4n) is 3.93. The van der Waals surface area contributed by atoms with Gasteiger partial charge in [-0.3, -0.25) is 0 Å². The molecule has 26 heavy (non-hydrogen) atoms. The molecule has 4 aromatic carbocycles. The van der Waals surface area contributed by atoms with Crippen LogP contribution >= 0.6 is 15.9 Å². The molecule has 1 aliphatic heterocycles. The molecule has 0 aromatic heterocycles. The van der Waals surface area contributed by atoms with Gasteiger partial charge in [0.05, 0.1) is 11.4 Å². The highest BCUT2D eigenvalue weighted by Crippen LogP contribution is 2.51. The number of fused-ring (bicyclic) bond motifs is 2. The smallest absolute Gasteiger partial charge is 0.0547 e. The molecule has 0 bridgehead atoms. The number of hydrogen-bond donors (Lipinski definition) is 0.